The van der Waals surface area contributed by atoms with Gasteiger partial charge in [0, 0.05) is 12.7 Å². The molecule has 1 heterocycles. The Labute approximate surface area is 88.9 Å². The Hall–Kier alpha value is -1.36. The summed E-state index contributed by atoms with van der Waals surface area (Å²) >= 11 is 0. The minimum Gasteiger partial charge on any atom is -0.481 e. The van der Waals surface area contributed by atoms with Gasteiger partial charge in [-0.3, -0.25) is 9.48 Å². The Morgan fingerprint density at radius 2 is 2.33 bits per heavy atom. The van der Waals surface area contributed by atoms with Gasteiger partial charge in [-0.2, -0.15) is 5.10 Å². The fraction of sp³-hybridized carbons (Fsp3) is 0.600. The lowest BCUT2D eigenvalue weighted by molar-refractivity contribution is -0.137. The molecule has 5 nitrogen and oxygen atoms in total. The lowest BCUT2D eigenvalue weighted by atomic mass is 10.1. The van der Waals surface area contributed by atoms with E-state index in [4.69, 9.17) is 10.8 Å². The third kappa shape index (κ3) is 3.36. The number of aliphatic carboxylic acids is 1. The van der Waals surface area contributed by atoms with Gasteiger partial charge in [0.15, 0.2) is 0 Å². The van der Waals surface area contributed by atoms with Crippen LogP contribution in [0.5, 0.6) is 0 Å². The average molecular weight is 211 g/mol. The first kappa shape index (κ1) is 11.7. The summed E-state index contributed by atoms with van der Waals surface area (Å²) in [6, 6.07) is 1.29. The maximum Gasteiger partial charge on any atom is 0.305 e. The number of rotatable bonds is 5. The van der Waals surface area contributed by atoms with Crippen LogP contribution in [0.15, 0.2) is 12.3 Å². The van der Waals surface area contributed by atoms with Crippen LogP contribution in [0.25, 0.3) is 0 Å². The second-order valence-electron chi connectivity index (χ2n) is 4.04. The van der Waals surface area contributed by atoms with Crippen LogP contribution >= 0.6 is 0 Å². The molecule has 0 aromatic carbocycles. The van der Waals surface area contributed by atoms with Crippen LogP contribution in [0.1, 0.15) is 32.0 Å². The molecule has 0 amide bonds. The van der Waals surface area contributed by atoms with Crippen LogP contribution in [0.2, 0.25) is 0 Å². The van der Waals surface area contributed by atoms with Crippen molar-refractivity contribution in [2.45, 2.75) is 32.9 Å². The van der Waals surface area contributed by atoms with E-state index in [2.05, 4.69) is 18.9 Å². The monoisotopic (exact) mass is 211 g/mol. The molecular weight excluding hydrogens is 194 g/mol. The number of carboxylic acids is 1. The Balaban J connectivity index is 2.75. The molecule has 5 heteroatoms. The summed E-state index contributed by atoms with van der Waals surface area (Å²) in [7, 11) is 0. The zero-order valence-electron chi connectivity index (χ0n) is 9.05. The average Bonchev–Trinajstić information content (AvgIpc) is 2.49. The molecule has 1 aromatic heterocycles. The van der Waals surface area contributed by atoms with E-state index in [0.717, 1.165) is 12.2 Å². The van der Waals surface area contributed by atoms with Gasteiger partial charge >= 0.3 is 5.97 Å². The lowest BCUT2D eigenvalue weighted by Crippen LogP contribution is -2.20. The number of aromatic nitrogens is 2. The highest BCUT2D eigenvalue weighted by Crippen LogP contribution is 2.14. The van der Waals surface area contributed by atoms with Crippen molar-refractivity contribution in [3.63, 3.8) is 0 Å². The van der Waals surface area contributed by atoms with Crippen molar-refractivity contribution in [3.8, 4) is 0 Å². The molecule has 15 heavy (non-hydrogen) atoms. The molecule has 0 aliphatic heterocycles. The van der Waals surface area contributed by atoms with Gasteiger partial charge in [0.05, 0.1) is 18.2 Å². The predicted octanol–water partition coefficient (Wildman–Crippen LogP) is 1.01. The van der Waals surface area contributed by atoms with Crippen LogP contribution in [-0.2, 0) is 11.3 Å². The Kier molecular flexibility index (Phi) is 3.85. The molecule has 0 saturated carbocycles. The maximum absolute atomic E-state index is 10.5. The van der Waals surface area contributed by atoms with Crippen LogP contribution < -0.4 is 5.73 Å². The smallest absolute Gasteiger partial charge is 0.305 e. The normalized spacial score (nSPS) is 13.1. The number of hydrogen-bond donors (Lipinski definition) is 2. The van der Waals surface area contributed by atoms with E-state index in [0.29, 0.717) is 5.92 Å². The Bertz CT molecular complexity index is 333. The second-order valence-corrected chi connectivity index (χ2v) is 4.04. The van der Waals surface area contributed by atoms with Gasteiger partial charge < -0.3 is 10.8 Å². The van der Waals surface area contributed by atoms with Crippen LogP contribution in [0.3, 0.4) is 0 Å². The highest BCUT2D eigenvalue weighted by Gasteiger charge is 2.15. The largest absolute Gasteiger partial charge is 0.481 e. The molecule has 1 unspecified atom stereocenters. The van der Waals surface area contributed by atoms with E-state index in [-0.39, 0.29) is 6.42 Å². The zero-order valence-corrected chi connectivity index (χ0v) is 9.05. The van der Waals surface area contributed by atoms with E-state index >= 15 is 0 Å². The number of carbonyl (C=O) groups is 1. The summed E-state index contributed by atoms with van der Waals surface area (Å²) in [6.07, 6.45) is 1.59. The van der Waals surface area contributed by atoms with Gasteiger partial charge in [0.1, 0.15) is 0 Å². The van der Waals surface area contributed by atoms with Crippen molar-refractivity contribution in [1.29, 1.82) is 0 Å². The summed E-state index contributed by atoms with van der Waals surface area (Å²) in [5.74, 6) is -0.430. The standard InChI is InChI=1S/C10H17N3O2/c1-7(2)6-13-9(3-4-12-13)8(11)5-10(14)15/h3-4,7-8H,5-6,11H2,1-2H3,(H,14,15). The molecule has 0 spiro atoms. The van der Waals surface area contributed by atoms with Crippen molar-refractivity contribution in [2.75, 3.05) is 0 Å². The summed E-state index contributed by atoms with van der Waals surface area (Å²) in [4.78, 5) is 10.5. The van der Waals surface area contributed by atoms with Gasteiger partial charge in [0.25, 0.3) is 0 Å². The lowest BCUT2D eigenvalue weighted by Gasteiger charge is -2.13. The molecule has 0 saturated heterocycles. The van der Waals surface area contributed by atoms with Crippen LogP contribution in [0, 0.1) is 5.92 Å². The SMILES string of the molecule is CC(C)Cn1nccc1C(N)CC(=O)O. The van der Waals surface area contributed by atoms with Gasteiger partial charge in [0.2, 0.25) is 0 Å². The van der Waals surface area contributed by atoms with Gasteiger partial charge in [-0.15, -0.1) is 0 Å². The molecule has 84 valence electrons. The fourth-order valence-corrected chi connectivity index (χ4v) is 1.45. The molecule has 0 aliphatic carbocycles. The summed E-state index contributed by atoms with van der Waals surface area (Å²) < 4.78 is 1.78. The van der Waals surface area contributed by atoms with Crippen molar-refractivity contribution < 1.29 is 9.90 Å². The first-order chi connectivity index (χ1) is 7.00. The highest BCUT2D eigenvalue weighted by molar-refractivity contribution is 5.67. The molecule has 1 atom stereocenters. The molecule has 0 fully saturated rings. The molecular formula is C10H17N3O2. The molecule has 0 radical (unpaired) electrons. The molecule has 3 N–H and O–H groups in total. The van der Waals surface area contributed by atoms with E-state index in [9.17, 15) is 4.79 Å². The fourth-order valence-electron chi connectivity index (χ4n) is 1.45. The van der Waals surface area contributed by atoms with Crippen LogP contribution in [0.4, 0.5) is 0 Å². The number of nitrogens with zero attached hydrogens (tertiary/aromatic N) is 2. The van der Waals surface area contributed by atoms with Crippen molar-refractivity contribution in [2.24, 2.45) is 11.7 Å². The van der Waals surface area contributed by atoms with Gasteiger partial charge in [-0.1, -0.05) is 13.8 Å². The van der Waals surface area contributed by atoms with Gasteiger partial charge in [-0.25, -0.2) is 0 Å². The second kappa shape index (κ2) is 4.93. The van der Waals surface area contributed by atoms with E-state index in [1.54, 1.807) is 16.9 Å². The molecule has 1 aromatic rings. The number of nitrogens with two attached hydrogens (primary N) is 1. The van der Waals surface area contributed by atoms with Crippen molar-refractivity contribution in [1.82, 2.24) is 9.78 Å². The Morgan fingerprint density at radius 3 is 2.87 bits per heavy atom. The van der Waals surface area contributed by atoms with Crippen molar-refractivity contribution in [3.05, 3.63) is 18.0 Å². The zero-order chi connectivity index (χ0) is 11.4. The minimum atomic E-state index is -0.889. The molecule has 0 aliphatic rings. The quantitative estimate of drug-likeness (QED) is 0.761. The first-order valence-corrected chi connectivity index (χ1v) is 4.99. The summed E-state index contributed by atoms with van der Waals surface area (Å²) in [6.45, 7) is 4.91. The number of carboxylic acid groups (broad SMARTS) is 1. The third-order valence-corrected chi connectivity index (χ3v) is 2.06. The summed E-state index contributed by atoms with van der Waals surface area (Å²) in [5.41, 5.74) is 6.56. The minimum absolute atomic E-state index is 0.0657. The highest BCUT2D eigenvalue weighted by atomic mass is 16.4. The van der Waals surface area contributed by atoms with Crippen LogP contribution in [-0.4, -0.2) is 20.9 Å². The van der Waals surface area contributed by atoms with E-state index in [1.807, 2.05) is 0 Å². The molecule has 1 rings (SSSR count). The Morgan fingerprint density at radius 1 is 1.67 bits per heavy atom. The van der Waals surface area contributed by atoms with E-state index in [1.165, 1.54) is 0 Å². The topological polar surface area (TPSA) is 81.1 Å². The maximum atomic E-state index is 10.5. The third-order valence-electron chi connectivity index (χ3n) is 2.06. The van der Waals surface area contributed by atoms with E-state index < -0.39 is 12.0 Å². The number of hydrogen-bond acceptors (Lipinski definition) is 3. The van der Waals surface area contributed by atoms with Gasteiger partial charge in [-0.05, 0) is 12.0 Å². The van der Waals surface area contributed by atoms with Crippen molar-refractivity contribution >= 4 is 5.97 Å². The predicted molar refractivity (Wildman–Crippen MR) is 56.2 cm³/mol. The summed E-state index contributed by atoms with van der Waals surface area (Å²) in [5, 5.41) is 12.8. The molecule has 0 bridgehead atoms. The first-order valence-electron chi connectivity index (χ1n) is 4.99.